The summed E-state index contributed by atoms with van der Waals surface area (Å²) >= 11 is 0. The maximum atomic E-state index is 9.30. The number of aliphatic carboxylic acids is 2. The highest BCUT2D eigenvalue weighted by Crippen LogP contribution is 2.21. The molecule has 14 heteroatoms. The molecule has 0 spiro atoms. The van der Waals surface area contributed by atoms with Gasteiger partial charge >= 0.3 is 19.3 Å². The molecule has 0 saturated carbocycles. The lowest BCUT2D eigenvalue weighted by atomic mass is 10.3. The Morgan fingerprint density at radius 2 is 1.11 bits per heavy atom. The van der Waals surface area contributed by atoms with Crippen LogP contribution in [0.3, 0.4) is 0 Å². The van der Waals surface area contributed by atoms with Crippen molar-refractivity contribution in [2.24, 2.45) is 8.80 Å². The van der Waals surface area contributed by atoms with E-state index in [1.807, 2.05) is 0 Å². The zero-order valence-electron chi connectivity index (χ0n) is 8.16. The van der Waals surface area contributed by atoms with Crippen LogP contribution in [0.5, 0.6) is 0 Å². The average molecular weight is 300 g/mol. The van der Waals surface area contributed by atoms with Crippen LogP contribution in [0, 0.1) is 0 Å². The van der Waals surface area contributed by atoms with Crippen LogP contribution >= 0.6 is 22.0 Å². The molecule has 100 valence electrons. The van der Waals surface area contributed by atoms with Gasteiger partial charge in [0.25, 0.3) is 0 Å². The van der Waals surface area contributed by atoms with Crippen molar-refractivity contribution in [3.8, 4) is 0 Å². The first-order valence-corrected chi connectivity index (χ1v) is 5.33. The predicted molar refractivity (Wildman–Crippen MR) is 59.1 cm³/mol. The summed E-state index contributed by atoms with van der Waals surface area (Å²) in [6, 6.07) is 0. The summed E-state index contributed by atoms with van der Waals surface area (Å²) in [6.45, 7) is 0. The van der Waals surface area contributed by atoms with Gasteiger partial charge in [-0.05, 0) is 0 Å². The van der Waals surface area contributed by atoms with Gasteiger partial charge in [-0.3, -0.25) is 0 Å². The minimum Gasteiger partial charge on any atom is -0.473 e. The molecule has 0 fully saturated rings. The highest BCUT2D eigenvalue weighted by molar-refractivity contribution is 8.75. The van der Waals surface area contributed by atoms with Gasteiger partial charge in [0.05, 0.1) is 22.0 Å². The van der Waals surface area contributed by atoms with E-state index in [4.69, 9.17) is 34.9 Å². The molecule has 0 aromatic carbocycles. The second-order valence-electron chi connectivity index (χ2n) is 1.47. The van der Waals surface area contributed by atoms with Gasteiger partial charge in [0.2, 0.25) is 12.2 Å². The minimum absolute atomic E-state index is 0.767. The van der Waals surface area contributed by atoms with Crippen molar-refractivity contribution in [3.05, 3.63) is 0 Å². The SMILES string of the molecule is O=C(O)C(=O)O.O=C=NSSN=C=O.OB(O)O. The smallest absolute Gasteiger partial charge is 0.473 e. The van der Waals surface area contributed by atoms with Crippen molar-refractivity contribution in [1.29, 1.82) is 0 Å². The van der Waals surface area contributed by atoms with Gasteiger partial charge in [0.15, 0.2) is 0 Å². The molecule has 0 aliphatic carbocycles. The molecule has 5 N–H and O–H groups in total. The van der Waals surface area contributed by atoms with Gasteiger partial charge in [0, 0.05) is 0 Å². The number of carboxylic acids is 2. The topological polar surface area (TPSA) is 194 Å². The molecule has 0 radical (unpaired) electrons. The number of hydrogen-bond acceptors (Lipinski definition) is 11. The van der Waals surface area contributed by atoms with Crippen molar-refractivity contribution < 1.29 is 44.5 Å². The Kier molecular flexibility index (Phi) is 21.3. The van der Waals surface area contributed by atoms with E-state index in [2.05, 4.69) is 8.80 Å². The first kappa shape index (κ1) is 21.6. The van der Waals surface area contributed by atoms with Crippen LogP contribution in [0.4, 0.5) is 0 Å². The summed E-state index contributed by atoms with van der Waals surface area (Å²) in [5.74, 6) is -3.65. The summed E-state index contributed by atoms with van der Waals surface area (Å²) in [5.41, 5.74) is 0. The molecule has 0 saturated heterocycles. The predicted octanol–water partition coefficient (Wildman–Crippen LogP) is -2.03. The van der Waals surface area contributed by atoms with Crippen molar-refractivity contribution >= 4 is 53.4 Å². The number of carboxylic acid groups (broad SMARTS) is 2. The molecule has 0 aliphatic heterocycles. The van der Waals surface area contributed by atoms with Crippen molar-refractivity contribution in [2.75, 3.05) is 0 Å². The van der Waals surface area contributed by atoms with Gasteiger partial charge < -0.3 is 25.3 Å². The fraction of sp³-hybridized carbons (Fsp3) is 0. The Labute approximate surface area is 107 Å². The first-order valence-electron chi connectivity index (χ1n) is 3.27. The quantitative estimate of drug-likeness (QED) is 0.0733. The number of hydrogen-bond donors (Lipinski definition) is 5. The van der Waals surface area contributed by atoms with E-state index in [9.17, 15) is 9.59 Å². The largest absolute Gasteiger partial charge is 0.631 e. The maximum Gasteiger partial charge on any atom is 0.631 e. The molecule has 0 aliphatic rings. The average Bonchev–Trinajstić information content (AvgIpc) is 2.24. The number of carbonyl (C=O) groups excluding carboxylic acids is 2. The Morgan fingerprint density at radius 3 is 1.22 bits per heavy atom. The van der Waals surface area contributed by atoms with Crippen LogP contribution in [0.25, 0.3) is 0 Å². The Balaban J connectivity index is -0.000000200. The lowest BCUT2D eigenvalue weighted by Crippen LogP contribution is -2.09. The third kappa shape index (κ3) is 47.4. The summed E-state index contributed by atoms with van der Waals surface area (Å²) in [7, 11) is -0.633. The lowest BCUT2D eigenvalue weighted by molar-refractivity contribution is -0.159. The van der Waals surface area contributed by atoms with Crippen molar-refractivity contribution in [1.82, 2.24) is 0 Å². The Morgan fingerprint density at radius 1 is 0.889 bits per heavy atom. The fourth-order valence-electron chi connectivity index (χ4n) is 0.0638. The molecule has 0 bridgehead atoms. The van der Waals surface area contributed by atoms with Crippen LogP contribution in [-0.2, 0) is 19.2 Å². The van der Waals surface area contributed by atoms with Crippen LogP contribution in [0.1, 0.15) is 0 Å². The van der Waals surface area contributed by atoms with Crippen molar-refractivity contribution in [2.45, 2.75) is 0 Å². The number of nitrogens with zero attached hydrogens (tertiary/aromatic N) is 2. The van der Waals surface area contributed by atoms with E-state index in [0.717, 1.165) is 22.0 Å². The second-order valence-corrected chi connectivity index (χ2v) is 3.03. The van der Waals surface area contributed by atoms with Crippen LogP contribution in [0.2, 0.25) is 0 Å². The molecule has 0 unspecified atom stereocenters. The van der Waals surface area contributed by atoms with E-state index < -0.39 is 19.3 Å². The third-order valence-electron chi connectivity index (χ3n) is 0.365. The fourth-order valence-corrected chi connectivity index (χ4v) is 0.574. The Bertz CT molecular complexity index is 305. The van der Waals surface area contributed by atoms with Crippen LogP contribution in [0.15, 0.2) is 8.80 Å². The lowest BCUT2D eigenvalue weighted by Gasteiger charge is -1.72. The normalized spacial score (nSPS) is 6.83. The number of rotatable bonds is 3. The number of isocyanates is 2. The van der Waals surface area contributed by atoms with E-state index in [-0.39, 0.29) is 0 Å². The highest BCUT2D eigenvalue weighted by Gasteiger charge is 2.04. The molecular formula is C4H5BN2O9S2. The van der Waals surface area contributed by atoms with Crippen molar-refractivity contribution in [3.63, 3.8) is 0 Å². The molecule has 0 atom stereocenters. The van der Waals surface area contributed by atoms with E-state index in [0.29, 0.717) is 0 Å². The van der Waals surface area contributed by atoms with Gasteiger partial charge in [-0.1, -0.05) is 0 Å². The molecule has 0 aromatic heterocycles. The summed E-state index contributed by atoms with van der Waals surface area (Å²) in [4.78, 5) is 36.8. The molecule has 18 heavy (non-hydrogen) atoms. The molecule has 0 amide bonds. The van der Waals surface area contributed by atoms with Crippen LogP contribution < -0.4 is 0 Å². The first-order chi connectivity index (χ1) is 8.29. The molecule has 11 nitrogen and oxygen atoms in total. The zero-order chi connectivity index (χ0) is 15.0. The second kappa shape index (κ2) is 17.7. The monoisotopic (exact) mass is 300 g/mol. The molecule has 0 heterocycles. The standard InChI is InChI=1S/C2N2O2S2.C2H2O4.BH3O3/c5-1-3-7-8-4-2-6;3-1(4)2(5)6;2-1(3)4/h;(H,3,4)(H,5,6);2-4H. The minimum atomic E-state index is -2.17. The summed E-state index contributed by atoms with van der Waals surface area (Å²) < 4.78 is 6.02. The van der Waals surface area contributed by atoms with Gasteiger partial charge in [-0.25, -0.2) is 19.2 Å². The van der Waals surface area contributed by atoms with Crippen LogP contribution in [-0.4, -0.2) is 56.7 Å². The van der Waals surface area contributed by atoms with Gasteiger partial charge in [-0.15, -0.1) is 8.80 Å². The third-order valence-corrected chi connectivity index (χ3v) is 1.38. The van der Waals surface area contributed by atoms with E-state index in [1.165, 1.54) is 12.2 Å². The molecular weight excluding hydrogens is 295 g/mol. The highest BCUT2D eigenvalue weighted by atomic mass is 33.1. The van der Waals surface area contributed by atoms with Gasteiger partial charge in [-0.2, -0.15) is 0 Å². The summed E-state index contributed by atoms with van der Waals surface area (Å²) in [5, 5.41) is 36.3. The van der Waals surface area contributed by atoms with E-state index >= 15 is 0 Å². The zero-order valence-corrected chi connectivity index (χ0v) is 9.79. The van der Waals surface area contributed by atoms with Gasteiger partial charge in [0.1, 0.15) is 0 Å². The maximum absolute atomic E-state index is 9.30. The molecule has 0 rings (SSSR count). The number of carbonyl (C=O) groups is 2. The Hall–Kier alpha value is -1.66. The van der Waals surface area contributed by atoms with E-state index in [1.54, 1.807) is 0 Å². The summed E-state index contributed by atoms with van der Waals surface area (Å²) in [6.07, 6.45) is 2.51. The molecule has 0 aromatic rings.